The third-order valence-corrected chi connectivity index (χ3v) is 4.77. The first-order valence-corrected chi connectivity index (χ1v) is 9.53. The number of rotatable bonds is 7. The summed E-state index contributed by atoms with van der Waals surface area (Å²) in [5.74, 6) is -0.188. The van der Waals surface area contributed by atoms with Gasteiger partial charge in [0.2, 0.25) is 5.95 Å². The molecule has 0 atom stereocenters. The molecule has 0 spiro atoms. The van der Waals surface area contributed by atoms with Gasteiger partial charge >= 0.3 is 5.97 Å². The van der Waals surface area contributed by atoms with E-state index >= 15 is 0 Å². The summed E-state index contributed by atoms with van der Waals surface area (Å²) in [7, 11) is 1.35. The molecule has 0 aliphatic rings. The van der Waals surface area contributed by atoms with Crippen LogP contribution in [-0.4, -0.2) is 32.6 Å². The van der Waals surface area contributed by atoms with Crippen molar-refractivity contribution in [3.05, 3.63) is 47.4 Å². The van der Waals surface area contributed by atoms with Gasteiger partial charge in [-0.25, -0.2) is 14.8 Å². The SMILES string of the molecule is CCCC/C=C/c1nc(N)nc2c1ncn2Cc1ccc(C(=O)OC)cc1S. The quantitative estimate of drug-likeness (QED) is 0.358. The van der Waals surface area contributed by atoms with Crippen molar-refractivity contribution in [1.29, 1.82) is 0 Å². The highest BCUT2D eigenvalue weighted by atomic mass is 32.1. The highest BCUT2D eigenvalue weighted by Gasteiger charge is 2.13. The largest absolute Gasteiger partial charge is 0.465 e. The Morgan fingerprint density at radius 2 is 2.18 bits per heavy atom. The van der Waals surface area contributed by atoms with Gasteiger partial charge in [0.15, 0.2) is 5.65 Å². The average molecular weight is 398 g/mol. The predicted molar refractivity (Wildman–Crippen MR) is 112 cm³/mol. The molecule has 2 N–H and O–H groups in total. The number of ether oxygens (including phenoxy) is 1. The number of carbonyl (C=O) groups excluding carboxylic acids is 1. The number of benzene rings is 1. The van der Waals surface area contributed by atoms with E-state index in [2.05, 4.69) is 40.6 Å². The number of carbonyl (C=O) groups is 1. The van der Waals surface area contributed by atoms with Crippen LogP contribution >= 0.6 is 12.6 Å². The second kappa shape index (κ2) is 8.88. The van der Waals surface area contributed by atoms with Crippen LogP contribution in [0.3, 0.4) is 0 Å². The van der Waals surface area contributed by atoms with Gasteiger partial charge in [0.1, 0.15) is 5.52 Å². The average Bonchev–Trinajstić information content (AvgIpc) is 3.08. The van der Waals surface area contributed by atoms with E-state index in [9.17, 15) is 4.79 Å². The summed E-state index contributed by atoms with van der Waals surface area (Å²) in [5.41, 5.74) is 9.37. The minimum Gasteiger partial charge on any atom is -0.465 e. The topological polar surface area (TPSA) is 95.9 Å². The fraction of sp³-hybridized carbons (Fsp3) is 0.300. The van der Waals surface area contributed by atoms with Gasteiger partial charge in [0.05, 0.1) is 31.2 Å². The predicted octanol–water partition coefficient (Wildman–Crippen LogP) is 3.74. The summed E-state index contributed by atoms with van der Waals surface area (Å²) in [4.78, 5) is 25.5. The number of nitrogens with two attached hydrogens (primary N) is 1. The summed E-state index contributed by atoms with van der Waals surface area (Å²) in [6.07, 6.45) is 8.99. The van der Waals surface area contributed by atoms with Crippen LogP contribution in [0.4, 0.5) is 5.95 Å². The van der Waals surface area contributed by atoms with E-state index in [0.29, 0.717) is 33.9 Å². The van der Waals surface area contributed by atoms with Crippen molar-refractivity contribution < 1.29 is 9.53 Å². The molecule has 0 aliphatic carbocycles. The molecule has 8 heteroatoms. The van der Waals surface area contributed by atoms with Crippen LogP contribution in [0.15, 0.2) is 35.5 Å². The van der Waals surface area contributed by atoms with Gasteiger partial charge in [-0.2, -0.15) is 4.98 Å². The zero-order chi connectivity index (χ0) is 20.1. The van der Waals surface area contributed by atoms with Gasteiger partial charge in [-0.05, 0) is 30.2 Å². The fourth-order valence-electron chi connectivity index (χ4n) is 2.86. The first-order chi connectivity index (χ1) is 13.5. The molecular weight excluding hydrogens is 374 g/mol. The lowest BCUT2D eigenvalue weighted by atomic mass is 10.1. The number of nitrogen functional groups attached to an aromatic ring is 1. The molecule has 0 saturated carbocycles. The van der Waals surface area contributed by atoms with Crippen molar-refractivity contribution in [2.75, 3.05) is 12.8 Å². The number of anilines is 1. The van der Waals surface area contributed by atoms with Crippen molar-refractivity contribution in [2.45, 2.75) is 37.6 Å². The van der Waals surface area contributed by atoms with E-state index in [4.69, 9.17) is 10.5 Å². The van der Waals surface area contributed by atoms with Crippen molar-refractivity contribution in [3.63, 3.8) is 0 Å². The molecule has 28 heavy (non-hydrogen) atoms. The molecule has 0 radical (unpaired) electrons. The number of aromatic nitrogens is 4. The number of esters is 1. The number of thiol groups is 1. The smallest absolute Gasteiger partial charge is 0.337 e. The lowest BCUT2D eigenvalue weighted by Crippen LogP contribution is -2.05. The molecule has 2 heterocycles. The Morgan fingerprint density at radius 3 is 2.89 bits per heavy atom. The number of unbranched alkanes of at least 4 members (excludes halogenated alkanes) is 2. The van der Waals surface area contributed by atoms with Crippen LogP contribution in [0.2, 0.25) is 0 Å². The number of hydrogen-bond donors (Lipinski definition) is 2. The van der Waals surface area contributed by atoms with Gasteiger partial charge in [-0.3, -0.25) is 0 Å². The van der Waals surface area contributed by atoms with E-state index in [1.54, 1.807) is 18.5 Å². The molecule has 0 saturated heterocycles. The third-order valence-electron chi connectivity index (χ3n) is 4.36. The van der Waals surface area contributed by atoms with Crippen LogP contribution in [0, 0.1) is 0 Å². The minimum absolute atomic E-state index is 0.205. The second-order valence-corrected chi connectivity index (χ2v) is 6.87. The number of hydrogen-bond acceptors (Lipinski definition) is 7. The fourth-order valence-corrected chi connectivity index (χ4v) is 3.14. The minimum atomic E-state index is -0.394. The normalized spacial score (nSPS) is 11.4. The van der Waals surface area contributed by atoms with Crippen molar-refractivity contribution in [3.8, 4) is 0 Å². The second-order valence-electron chi connectivity index (χ2n) is 6.39. The maximum absolute atomic E-state index is 11.7. The maximum atomic E-state index is 11.7. The van der Waals surface area contributed by atoms with E-state index in [1.165, 1.54) is 7.11 Å². The molecule has 146 valence electrons. The Kier molecular flexibility index (Phi) is 6.30. The Morgan fingerprint density at radius 1 is 1.36 bits per heavy atom. The maximum Gasteiger partial charge on any atom is 0.337 e. The summed E-state index contributed by atoms with van der Waals surface area (Å²) in [6, 6.07) is 5.25. The van der Waals surface area contributed by atoms with Crippen molar-refractivity contribution in [1.82, 2.24) is 19.5 Å². The van der Waals surface area contributed by atoms with Gasteiger partial charge in [0, 0.05) is 4.90 Å². The third kappa shape index (κ3) is 4.33. The first-order valence-electron chi connectivity index (χ1n) is 9.08. The lowest BCUT2D eigenvalue weighted by molar-refractivity contribution is 0.0600. The Labute approximate surface area is 169 Å². The standard InChI is InChI=1S/C20H23N5O2S/c1-3-4-5-6-7-15-17-18(24-20(21)23-15)25(12-22-17)11-14-9-8-13(10-16(14)28)19(26)27-2/h6-10,12,28H,3-5,11H2,1-2H3,(H2,21,23,24)/b7-6+. The lowest BCUT2D eigenvalue weighted by Gasteiger charge is -2.09. The highest BCUT2D eigenvalue weighted by Crippen LogP contribution is 2.22. The van der Waals surface area contributed by atoms with E-state index in [1.807, 2.05) is 16.7 Å². The molecule has 1 aromatic carbocycles. The van der Waals surface area contributed by atoms with Crippen molar-refractivity contribution in [2.24, 2.45) is 0 Å². The van der Waals surface area contributed by atoms with Gasteiger partial charge < -0.3 is 15.0 Å². The summed E-state index contributed by atoms with van der Waals surface area (Å²) in [6.45, 7) is 2.65. The van der Waals surface area contributed by atoms with Crippen LogP contribution < -0.4 is 5.73 Å². The Bertz CT molecular complexity index is 1030. The van der Waals surface area contributed by atoms with Crippen LogP contribution in [0.25, 0.3) is 17.2 Å². The number of allylic oxidation sites excluding steroid dienone is 1. The Balaban J connectivity index is 1.91. The number of methoxy groups -OCH3 is 1. The van der Waals surface area contributed by atoms with Crippen LogP contribution in [-0.2, 0) is 11.3 Å². The zero-order valence-corrected chi connectivity index (χ0v) is 16.8. The number of nitrogens with zero attached hydrogens (tertiary/aromatic N) is 4. The van der Waals surface area contributed by atoms with Crippen LogP contribution in [0.5, 0.6) is 0 Å². The molecule has 3 aromatic rings. The monoisotopic (exact) mass is 397 g/mol. The van der Waals surface area contributed by atoms with Gasteiger partial charge in [-0.15, -0.1) is 12.6 Å². The van der Waals surface area contributed by atoms with Crippen molar-refractivity contribution >= 4 is 41.8 Å². The molecule has 2 aromatic heterocycles. The molecule has 7 nitrogen and oxygen atoms in total. The molecule has 0 bridgehead atoms. The molecule has 0 fully saturated rings. The molecule has 0 aliphatic heterocycles. The molecule has 0 amide bonds. The van der Waals surface area contributed by atoms with Gasteiger partial charge in [0.25, 0.3) is 0 Å². The Hall–Kier alpha value is -2.87. The van der Waals surface area contributed by atoms with Crippen LogP contribution in [0.1, 0.15) is 47.8 Å². The van der Waals surface area contributed by atoms with Gasteiger partial charge in [-0.1, -0.05) is 31.9 Å². The highest BCUT2D eigenvalue weighted by molar-refractivity contribution is 7.80. The summed E-state index contributed by atoms with van der Waals surface area (Å²) >= 11 is 4.50. The summed E-state index contributed by atoms with van der Waals surface area (Å²) < 4.78 is 6.64. The number of imidazole rings is 1. The molecule has 0 unspecified atom stereocenters. The van der Waals surface area contributed by atoms with E-state index < -0.39 is 5.97 Å². The first kappa shape index (κ1) is 19.9. The summed E-state index contributed by atoms with van der Waals surface area (Å²) in [5, 5.41) is 0. The number of fused-ring (bicyclic) bond motifs is 1. The molecule has 3 rings (SSSR count). The van der Waals surface area contributed by atoms with E-state index in [-0.39, 0.29) is 5.95 Å². The zero-order valence-electron chi connectivity index (χ0n) is 15.9. The van der Waals surface area contributed by atoms with E-state index in [0.717, 1.165) is 24.8 Å². The molecular formula is C20H23N5O2S.